The zero-order valence-electron chi connectivity index (χ0n) is 13.1. The Bertz CT molecular complexity index is 705. The van der Waals surface area contributed by atoms with Crippen LogP contribution in [0.2, 0.25) is 0 Å². The summed E-state index contributed by atoms with van der Waals surface area (Å²) >= 11 is 0. The topological polar surface area (TPSA) is 63.6 Å². The van der Waals surface area contributed by atoms with Gasteiger partial charge in [0.2, 0.25) is 0 Å². The van der Waals surface area contributed by atoms with Crippen LogP contribution in [0, 0.1) is 5.92 Å². The summed E-state index contributed by atoms with van der Waals surface area (Å²) in [5, 5.41) is 5.13. The number of hydrogen-bond donors (Lipinski definition) is 1. The molecule has 2 saturated carbocycles. The first-order chi connectivity index (χ1) is 10.8. The molecule has 4 rings (SSSR count). The summed E-state index contributed by atoms with van der Waals surface area (Å²) in [6.07, 6.45) is 13.9. The molecule has 2 aromatic rings. The fourth-order valence-electron chi connectivity index (χ4n) is 4.16. The molecule has 0 bridgehead atoms. The van der Waals surface area contributed by atoms with Crippen LogP contribution in [-0.2, 0) is 6.42 Å². The van der Waals surface area contributed by atoms with Crippen molar-refractivity contribution in [2.45, 2.75) is 70.3 Å². The van der Waals surface area contributed by atoms with Crippen LogP contribution in [0.1, 0.15) is 69.7 Å². The summed E-state index contributed by atoms with van der Waals surface area (Å²) in [5.41, 5.74) is 0.767. The monoisotopic (exact) mass is 300 g/mol. The smallest absolute Gasteiger partial charge is 0.262 e. The molecule has 1 N–H and O–H groups in total. The summed E-state index contributed by atoms with van der Waals surface area (Å²) in [4.78, 5) is 20.1. The molecule has 5 nitrogen and oxygen atoms in total. The van der Waals surface area contributed by atoms with E-state index in [9.17, 15) is 4.79 Å². The van der Waals surface area contributed by atoms with Crippen molar-refractivity contribution in [3.8, 4) is 0 Å². The van der Waals surface area contributed by atoms with Crippen LogP contribution in [0.15, 0.2) is 11.0 Å². The Balaban J connectivity index is 1.69. The van der Waals surface area contributed by atoms with Crippen LogP contribution in [0.3, 0.4) is 0 Å². The van der Waals surface area contributed by atoms with E-state index in [0.29, 0.717) is 17.3 Å². The highest BCUT2D eigenvalue weighted by Crippen LogP contribution is 2.30. The second-order valence-electron chi connectivity index (χ2n) is 6.99. The van der Waals surface area contributed by atoms with Gasteiger partial charge < -0.3 is 4.98 Å². The summed E-state index contributed by atoms with van der Waals surface area (Å²) in [7, 11) is 0. The maximum Gasteiger partial charge on any atom is 0.262 e. The minimum Gasteiger partial charge on any atom is -0.310 e. The van der Waals surface area contributed by atoms with Crippen LogP contribution < -0.4 is 5.56 Å². The molecule has 0 spiro atoms. The molecule has 118 valence electrons. The van der Waals surface area contributed by atoms with Gasteiger partial charge in [0.1, 0.15) is 11.2 Å². The van der Waals surface area contributed by atoms with Gasteiger partial charge in [-0.1, -0.05) is 44.9 Å². The normalized spacial score (nSPS) is 20.9. The van der Waals surface area contributed by atoms with E-state index in [1.165, 1.54) is 44.9 Å². The molecular weight excluding hydrogens is 276 g/mol. The first-order valence-corrected chi connectivity index (χ1v) is 8.77. The molecule has 0 aliphatic heterocycles. The van der Waals surface area contributed by atoms with Gasteiger partial charge >= 0.3 is 0 Å². The van der Waals surface area contributed by atoms with Gasteiger partial charge in [0, 0.05) is 6.42 Å². The highest BCUT2D eigenvalue weighted by atomic mass is 16.1. The Hall–Kier alpha value is -1.65. The summed E-state index contributed by atoms with van der Waals surface area (Å²) < 4.78 is 2.02. The zero-order valence-corrected chi connectivity index (χ0v) is 13.1. The minimum atomic E-state index is -0.0277. The number of nitrogens with zero attached hydrogens (tertiary/aromatic N) is 3. The highest BCUT2D eigenvalue weighted by molar-refractivity contribution is 5.73. The molecule has 2 aliphatic rings. The predicted molar refractivity (Wildman–Crippen MR) is 85.9 cm³/mol. The van der Waals surface area contributed by atoms with Crippen molar-refractivity contribution in [1.82, 2.24) is 19.7 Å². The lowest BCUT2D eigenvalue weighted by Crippen LogP contribution is -2.18. The van der Waals surface area contributed by atoms with Crippen molar-refractivity contribution in [2.75, 3.05) is 0 Å². The van der Waals surface area contributed by atoms with E-state index >= 15 is 0 Å². The van der Waals surface area contributed by atoms with Gasteiger partial charge in [0.05, 0.1) is 12.2 Å². The van der Waals surface area contributed by atoms with Crippen LogP contribution in [-0.4, -0.2) is 19.7 Å². The number of rotatable bonds is 3. The van der Waals surface area contributed by atoms with E-state index in [1.54, 1.807) is 6.20 Å². The SMILES string of the molecule is O=c1[nH]c(CC2CCCC2)nc2c1cnn2C1CCCCC1. The number of hydrogen-bond acceptors (Lipinski definition) is 3. The average molecular weight is 300 g/mol. The third-order valence-electron chi connectivity index (χ3n) is 5.39. The van der Waals surface area contributed by atoms with Crippen molar-refractivity contribution in [3.63, 3.8) is 0 Å². The van der Waals surface area contributed by atoms with E-state index in [-0.39, 0.29) is 5.56 Å². The van der Waals surface area contributed by atoms with E-state index in [1.807, 2.05) is 4.68 Å². The molecule has 5 heteroatoms. The maximum atomic E-state index is 12.3. The fraction of sp³-hybridized carbons (Fsp3) is 0.706. The van der Waals surface area contributed by atoms with Gasteiger partial charge in [-0.25, -0.2) is 9.67 Å². The van der Waals surface area contributed by atoms with Gasteiger partial charge in [-0.2, -0.15) is 5.10 Å². The number of fused-ring (bicyclic) bond motifs is 1. The molecule has 0 aromatic carbocycles. The molecule has 0 saturated heterocycles. The summed E-state index contributed by atoms with van der Waals surface area (Å²) in [6.45, 7) is 0. The second kappa shape index (κ2) is 5.86. The van der Waals surface area contributed by atoms with E-state index in [0.717, 1.165) is 30.7 Å². The van der Waals surface area contributed by atoms with E-state index in [4.69, 9.17) is 4.98 Å². The summed E-state index contributed by atoms with van der Waals surface area (Å²) in [5.74, 6) is 1.54. The number of aromatic amines is 1. The Morgan fingerprint density at radius 1 is 1.09 bits per heavy atom. The minimum absolute atomic E-state index is 0.0277. The molecule has 0 unspecified atom stereocenters. The van der Waals surface area contributed by atoms with Crippen molar-refractivity contribution in [1.29, 1.82) is 0 Å². The third kappa shape index (κ3) is 2.57. The van der Waals surface area contributed by atoms with Gasteiger partial charge in [0.15, 0.2) is 5.65 Å². The Morgan fingerprint density at radius 2 is 1.82 bits per heavy atom. The molecule has 2 heterocycles. The Kier molecular flexibility index (Phi) is 3.72. The number of aromatic nitrogens is 4. The molecular formula is C17H24N4O. The Labute approximate surface area is 130 Å². The van der Waals surface area contributed by atoms with Gasteiger partial charge in [-0.15, -0.1) is 0 Å². The van der Waals surface area contributed by atoms with Crippen molar-refractivity contribution in [3.05, 3.63) is 22.4 Å². The predicted octanol–water partition coefficient (Wildman–Crippen LogP) is 3.36. The maximum absolute atomic E-state index is 12.3. The zero-order chi connectivity index (χ0) is 14.9. The van der Waals surface area contributed by atoms with Crippen molar-refractivity contribution in [2.24, 2.45) is 5.92 Å². The fourth-order valence-corrected chi connectivity index (χ4v) is 4.16. The molecule has 2 aromatic heterocycles. The lowest BCUT2D eigenvalue weighted by Gasteiger charge is -2.22. The van der Waals surface area contributed by atoms with Crippen LogP contribution in [0.25, 0.3) is 11.0 Å². The van der Waals surface area contributed by atoms with Gasteiger partial charge in [0.25, 0.3) is 5.56 Å². The molecule has 0 radical (unpaired) electrons. The molecule has 2 aliphatic carbocycles. The highest BCUT2D eigenvalue weighted by Gasteiger charge is 2.21. The first kappa shape index (κ1) is 14.0. The number of nitrogens with one attached hydrogen (secondary N) is 1. The van der Waals surface area contributed by atoms with Crippen LogP contribution in [0.4, 0.5) is 0 Å². The van der Waals surface area contributed by atoms with Crippen molar-refractivity contribution < 1.29 is 0 Å². The van der Waals surface area contributed by atoms with Gasteiger partial charge in [-0.05, 0) is 18.8 Å². The third-order valence-corrected chi connectivity index (χ3v) is 5.39. The van der Waals surface area contributed by atoms with Gasteiger partial charge in [-0.3, -0.25) is 4.79 Å². The number of H-pyrrole nitrogens is 1. The van der Waals surface area contributed by atoms with Crippen LogP contribution in [0.5, 0.6) is 0 Å². The van der Waals surface area contributed by atoms with Crippen molar-refractivity contribution >= 4 is 11.0 Å². The standard InChI is InChI=1S/C17H24N4O/c22-17-14-11-18-21(13-8-2-1-3-9-13)16(14)19-15(20-17)10-12-6-4-5-7-12/h11-13H,1-10H2,(H,19,20,22). The average Bonchev–Trinajstić information content (AvgIpc) is 3.18. The summed E-state index contributed by atoms with van der Waals surface area (Å²) in [6, 6.07) is 0.417. The first-order valence-electron chi connectivity index (χ1n) is 8.77. The van der Waals surface area contributed by atoms with E-state index < -0.39 is 0 Å². The quantitative estimate of drug-likeness (QED) is 0.945. The van der Waals surface area contributed by atoms with E-state index in [2.05, 4.69) is 10.1 Å². The van der Waals surface area contributed by atoms with Crippen LogP contribution >= 0.6 is 0 Å². The molecule has 2 fully saturated rings. The lowest BCUT2D eigenvalue weighted by atomic mass is 9.96. The Morgan fingerprint density at radius 3 is 2.59 bits per heavy atom. The molecule has 22 heavy (non-hydrogen) atoms. The molecule has 0 atom stereocenters. The molecule has 0 amide bonds. The second-order valence-corrected chi connectivity index (χ2v) is 6.99. The largest absolute Gasteiger partial charge is 0.310 e. The lowest BCUT2D eigenvalue weighted by molar-refractivity contribution is 0.335.